The van der Waals surface area contributed by atoms with E-state index in [1.54, 1.807) is 0 Å². The normalized spacial score (nSPS) is 11.4. The summed E-state index contributed by atoms with van der Waals surface area (Å²) in [4.78, 5) is 0. The Labute approximate surface area is 105 Å². The summed E-state index contributed by atoms with van der Waals surface area (Å²) in [7, 11) is -1.16. The summed E-state index contributed by atoms with van der Waals surface area (Å²) in [6.07, 6.45) is 2.50. The average Bonchev–Trinajstić information content (AvgIpc) is 2.43. The minimum Gasteiger partial charge on any atom is -0.0620 e. The van der Waals surface area contributed by atoms with Crippen molar-refractivity contribution in [2.75, 3.05) is 12.3 Å². The standard InChI is InChI=1S/C16H20P/c1-3-17(4-2,15-11-7-5-8-12-15)16-13-9-6-10-14-16/h5-14H,3-4H2,1-2H3/q+1. The molecular formula is C16H20P+. The number of benzene rings is 2. The van der Waals surface area contributed by atoms with Gasteiger partial charge in [-0.15, -0.1) is 0 Å². The first kappa shape index (κ1) is 12.3. The summed E-state index contributed by atoms with van der Waals surface area (Å²) in [5, 5.41) is 3.08. The molecule has 0 aliphatic heterocycles. The smallest absolute Gasteiger partial charge is 0.0620 e. The maximum absolute atomic E-state index is 2.33. The second-order valence-corrected chi connectivity index (χ2v) is 8.50. The van der Waals surface area contributed by atoms with Crippen LogP contribution >= 0.6 is 7.26 Å². The topological polar surface area (TPSA) is 0 Å². The van der Waals surface area contributed by atoms with E-state index in [1.165, 1.54) is 22.9 Å². The largest absolute Gasteiger partial charge is 0.0991 e. The van der Waals surface area contributed by atoms with E-state index in [4.69, 9.17) is 0 Å². The fourth-order valence-corrected chi connectivity index (χ4v) is 6.22. The van der Waals surface area contributed by atoms with Crippen LogP contribution in [0, 0.1) is 0 Å². The first-order valence-electron chi connectivity index (χ1n) is 6.32. The summed E-state index contributed by atoms with van der Waals surface area (Å²) in [6.45, 7) is 4.66. The Morgan fingerprint density at radius 2 is 1.00 bits per heavy atom. The highest BCUT2D eigenvalue weighted by molar-refractivity contribution is 7.89. The fourth-order valence-electron chi connectivity index (χ4n) is 2.53. The van der Waals surface area contributed by atoms with E-state index < -0.39 is 7.26 Å². The molecular weight excluding hydrogens is 223 g/mol. The maximum Gasteiger partial charge on any atom is 0.0991 e. The molecule has 88 valence electrons. The molecule has 0 aromatic heterocycles. The Morgan fingerprint density at radius 1 is 0.647 bits per heavy atom. The predicted octanol–water partition coefficient (Wildman–Crippen LogP) is 3.69. The van der Waals surface area contributed by atoms with Gasteiger partial charge >= 0.3 is 0 Å². The first-order valence-corrected chi connectivity index (χ1v) is 8.47. The Hall–Kier alpha value is -1.13. The molecule has 0 amide bonds. The lowest BCUT2D eigenvalue weighted by atomic mass is 10.4. The molecule has 0 unspecified atom stereocenters. The van der Waals surface area contributed by atoms with Gasteiger partial charge in [0.25, 0.3) is 0 Å². The summed E-state index contributed by atoms with van der Waals surface area (Å²) in [5.74, 6) is 0. The van der Waals surface area contributed by atoms with E-state index in [0.717, 1.165) is 0 Å². The molecule has 0 saturated carbocycles. The van der Waals surface area contributed by atoms with Gasteiger partial charge in [-0.2, -0.15) is 0 Å². The van der Waals surface area contributed by atoms with Gasteiger partial charge in [0.15, 0.2) is 0 Å². The number of rotatable bonds is 4. The van der Waals surface area contributed by atoms with Crippen LogP contribution < -0.4 is 10.6 Å². The van der Waals surface area contributed by atoms with Gasteiger partial charge in [-0.1, -0.05) is 36.4 Å². The second-order valence-electron chi connectivity index (χ2n) is 4.27. The highest BCUT2D eigenvalue weighted by Crippen LogP contribution is 2.55. The third-order valence-corrected chi connectivity index (χ3v) is 8.31. The van der Waals surface area contributed by atoms with Gasteiger partial charge in [0, 0.05) is 0 Å². The molecule has 0 radical (unpaired) electrons. The Morgan fingerprint density at radius 3 is 1.29 bits per heavy atom. The molecule has 17 heavy (non-hydrogen) atoms. The molecule has 2 rings (SSSR count). The fraction of sp³-hybridized carbons (Fsp3) is 0.250. The predicted molar refractivity (Wildman–Crippen MR) is 80.2 cm³/mol. The molecule has 0 heterocycles. The summed E-state index contributed by atoms with van der Waals surface area (Å²) in [5.41, 5.74) is 0. The van der Waals surface area contributed by atoms with Crippen LogP contribution in [0.2, 0.25) is 0 Å². The van der Waals surface area contributed by atoms with Crippen LogP contribution in [0.5, 0.6) is 0 Å². The lowest BCUT2D eigenvalue weighted by molar-refractivity contribution is 1.39. The van der Waals surface area contributed by atoms with Gasteiger partial charge < -0.3 is 0 Å². The van der Waals surface area contributed by atoms with E-state index in [1.807, 2.05) is 0 Å². The third-order valence-electron chi connectivity index (χ3n) is 3.58. The van der Waals surface area contributed by atoms with E-state index >= 15 is 0 Å². The SMILES string of the molecule is CC[P+](CC)(c1ccccc1)c1ccccc1. The van der Waals surface area contributed by atoms with Crippen molar-refractivity contribution in [1.82, 2.24) is 0 Å². The van der Waals surface area contributed by atoms with Crippen molar-refractivity contribution >= 4 is 17.9 Å². The van der Waals surface area contributed by atoms with Gasteiger partial charge in [0.05, 0.1) is 30.2 Å². The lowest BCUT2D eigenvalue weighted by Crippen LogP contribution is -2.25. The Bertz CT molecular complexity index is 402. The van der Waals surface area contributed by atoms with Gasteiger partial charge in [-0.05, 0) is 38.1 Å². The molecule has 0 bridgehead atoms. The van der Waals surface area contributed by atoms with Gasteiger partial charge in [-0.25, -0.2) is 0 Å². The van der Waals surface area contributed by atoms with Crippen LogP contribution in [0.15, 0.2) is 60.7 Å². The quantitative estimate of drug-likeness (QED) is 0.718. The molecule has 0 spiro atoms. The molecule has 2 aromatic carbocycles. The Kier molecular flexibility index (Phi) is 3.97. The van der Waals surface area contributed by atoms with Crippen LogP contribution in [0.3, 0.4) is 0 Å². The van der Waals surface area contributed by atoms with Crippen LogP contribution in [-0.2, 0) is 0 Å². The van der Waals surface area contributed by atoms with Crippen molar-refractivity contribution in [2.24, 2.45) is 0 Å². The minimum atomic E-state index is -1.16. The average molecular weight is 243 g/mol. The first-order chi connectivity index (χ1) is 8.33. The van der Waals surface area contributed by atoms with Gasteiger partial charge in [0.2, 0.25) is 0 Å². The summed E-state index contributed by atoms with van der Waals surface area (Å²) in [6, 6.07) is 22.1. The zero-order valence-electron chi connectivity index (χ0n) is 10.6. The maximum atomic E-state index is 2.33. The van der Waals surface area contributed by atoms with Gasteiger partial charge in [-0.3, -0.25) is 0 Å². The molecule has 0 atom stereocenters. The van der Waals surface area contributed by atoms with E-state index in [0.29, 0.717) is 0 Å². The molecule has 0 aliphatic carbocycles. The molecule has 0 nitrogen and oxygen atoms in total. The highest BCUT2D eigenvalue weighted by atomic mass is 31.2. The third kappa shape index (κ3) is 2.28. The number of hydrogen-bond donors (Lipinski definition) is 0. The van der Waals surface area contributed by atoms with E-state index in [-0.39, 0.29) is 0 Å². The molecule has 0 aliphatic rings. The monoisotopic (exact) mass is 243 g/mol. The minimum absolute atomic E-state index is 1.16. The van der Waals surface area contributed by atoms with Crippen molar-refractivity contribution in [3.8, 4) is 0 Å². The van der Waals surface area contributed by atoms with Crippen LogP contribution in [-0.4, -0.2) is 12.3 Å². The van der Waals surface area contributed by atoms with Crippen molar-refractivity contribution in [3.05, 3.63) is 60.7 Å². The number of hydrogen-bond acceptors (Lipinski definition) is 0. The second kappa shape index (κ2) is 5.47. The van der Waals surface area contributed by atoms with Crippen molar-refractivity contribution in [3.63, 3.8) is 0 Å². The van der Waals surface area contributed by atoms with Gasteiger partial charge in [0.1, 0.15) is 0 Å². The lowest BCUT2D eigenvalue weighted by Gasteiger charge is -2.24. The van der Waals surface area contributed by atoms with Crippen LogP contribution in [0.25, 0.3) is 0 Å². The molecule has 2 aromatic rings. The molecule has 1 heteroatoms. The van der Waals surface area contributed by atoms with Crippen molar-refractivity contribution in [1.29, 1.82) is 0 Å². The summed E-state index contributed by atoms with van der Waals surface area (Å²) < 4.78 is 0. The molecule has 0 N–H and O–H groups in total. The van der Waals surface area contributed by atoms with Crippen molar-refractivity contribution < 1.29 is 0 Å². The van der Waals surface area contributed by atoms with Crippen molar-refractivity contribution in [2.45, 2.75) is 13.8 Å². The van der Waals surface area contributed by atoms with E-state index in [9.17, 15) is 0 Å². The zero-order chi connectivity index (χ0) is 12.1. The summed E-state index contributed by atoms with van der Waals surface area (Å²) >= 11 is 0. The van der Waals surface area contributed by atoms with Crippen LogP contribution in [0.4, 0.5) is 0 Å². The molecule has 0 saturated heterocycles. The van der Waals surface area contributed by atoms with E-state index in [2.05, 4.69) is 74.5 Å². The zero-order valence-corrected chi connectivity index (χ0v) is 11.5. The highest BCUT2D eigenvalue weighted by Gasteiger charge is 2.38. The van der Waals surface area contributed by atoms with Crippen LogP contribution in [0.1, 0.15) is 13.8 Å². The Balaban J connectivity index is 2.54. The molecule has 0 fully saturated rings.